The number of amides is 1. The highest BCUT2D eigenvalue weighted by atomic mass is 32.2. The predicted octanol–water partition coefficient (Wildman–Crippen LogP) is 4.13. The molecule has 3 N–H and O–H groups in total. The Morgan fingerprint density at radius 2 is 1.44 bits per heavy atom. The fraction of sp³-hybridized carbons (Fsp3) is 0.0952. The first-order chi connectivity index (χ1) is 15.7. The first kappa shape index (κ1) is 25.1. The Balaban J connectivity index is 1.76. The number of nitrogens with one attached hydrogen (secondary N) is 3. The molecule has 0 aliphatic carbocycles. The van der Waals surface area contributed by atoms with Crippen LogP contribution in [0.25, 0.3) is 0 Å². The maximum absolute atomic E-state index is 12.9. The lowest BCUT2D eigenvalue weighted by Crippen LogP contribution is -2.17. The van der Waals surface area contributed by atoms with Crippen LogP contribution < -0.4 is 14.8 Å². The molecule has 0 radical (unpaired) electrons. The van der Waals surface area contributed by atoms with E-state index in [2.05, 4.69) is 14.8 Å². The van der Waals surface area contributed by atoms with E-state index in [-0.39, 0.29) is 27.5 Å². The molecule has 0 fully saturated rings. The van der Waals surface area contributed by atoms with Crippen LogP contribution >= 0.6 is 0 Å². The molecule has 0 unspecified atom stereocenters. The van der Waals surface area contributed by atoms with Crippen molar-refractivity contribution in [2.75, 3.05) is 21.0 Å². The molecule has 3 aromatic rings. The standard InChI is InChI=1S/C21H18F3N3O5S2/c1-33(29,30)27-19-8-3-2-7-18(19)20(28)25-15-9-11-17(12-10-15)34(31,32)26-16-6-4-5-14(13-16)21(22,23)24/h2-13,26-27H,1H3,(H,25,28). The van der Waals surface area contributed by atoms with E-state index in [4.69, 9.17) is 0 Å². The van der Waals surface area contributed by atoms with Crippen molar-refractivity contribution in [3.05, 3.63) is 83.9 Å². The van der Waals surface area contributed by atoms with E-state index >= 15 is 0 Å². The molecule has 3 rings (SSSR count). The van der Waals surface area contributed by atoms with Crippen molar-refractivity contribution in [3.63, 3.8) is 0 Å². The summed E-state index contributed by atoms with van der Waals surface area (Å²) in [7, 11) is -7.84. The topological polar surface area (TPSA) is 121 Å². The second-order valence-corrected chi connectivity index (χ2v) is 10.5. The summed E-state index contributed by atoms with van der Waals surface area (Å²) in [6, 6.07) is 14.5. The van der Waals surface area contributed by atoms with Gasteiger partial charge in [-0.3, -0.25) is 14.2 Å². The lowest BCUT2D eigenvalue weighted by atomic mass is 10.1. The molecule has 1 amide bonds. The maximum Gasteiger partial charge on any atom is 0.416 e. The third-order valence-electron chi connectivity index (χ3n) is 4.33. The van der Waals surface area contributed by atoms with Crippen LogP contribution in [0.1, 0.15) is 15.9 Å². The van der Waals surface area contributed by atoms with Gasteiger partial charge in [0.25, 0.3) is 15.9 Å². The summed E-state index contributed by atoms with van der Waals surface area (Å²) in [4.78, 5) is 12.3. The molecule has 0 atom stereocenters. The first-order valence-electron chi connectivity index (χ1n) is 9.43. The van der Waals surface area contributed by atoms with Gasteiger partial charge in [0.2, 0.25) is 10.0 Å². The van der Waals surface area contributed by atoms with Crippen molar-refractivity contribution >= 4 is 43.0 Å². The summed E-state index contributed by atoms with van der Waals surface area (Å²) in [5.74, 6) is -0.649. The molecule has 0 aliphatic heterocycles. The third-order valence-corrected chi connectivity index (χ3v) is 6.32. The number of rotatable bonds is 7. The average molecular weight is 514 g/mol. The average Bonchev–Trinajstić information content (AvgIpc) is 2.72. The lowest BCUT2D eigenvalue weighted by molar-refractivity contribution is -0.137. The van der Waals surface area contributed by atoms with Gasteiger partial charge in [-0.2, -0.15) is 13.2 Å². The van der Waals surface area contributed by atoms with Crippen molar-refractivity contribution in [2.45, 2.75) is 11.1 Å². The van der Waals surface area contributed by atoms with Crippen LogP contribution in [0.5, 0.6) is 0 Å². The summed E-state index contributed by atoms with van der Waals surface area (Å²) in [6.07, 6.45) is -3.69. The maximum atomic E-state index is 12.9. The fourth-order valence-corrected chi connectivity index (χ4v) is 4.49. The highest BCUT2D eigenvalue weighted by molar-refractivity contribution is 7.92. The Hall–Kier alpha value is -3.58. The van der Waals surface area contributed by atoms with Gasteiger partial charge in [0, 0.05) is 11.4 Å². The van der Waals surface area contributed by atoms with Gasteiger partial charge in [0.15, 0.2) is 0 Å². The smallest absolute Gasteiger partial charge is 0.322 e. The summed E-state index contributed by atoms with van der Waals surface area (Å²) in [5.41, 5.74) is -0.960. The zero-order chi connectivity index (χ0) is 25.1. The van der Waals surface area contributed by atoms with Crippen LogP contribution in [0.4, 0.5) is 30.2 Å². The van der Waals surface area contributed by atoms with Gasteiger partial charge in [0.05, 0.1) is 28.0 Å². The zero-order valence-corrected chi connectivity index (χ0v) is 19.1. The molecule has 13 heteroatoms. The molecule has 0 heterocycles. The number of sulfonamides is 2. The number of carbonyl (C=O) groups excluding carboxylic acids is 1. The number of benzene rings is 3. The minimum atomic E-state index is -4.63. The Kier molecular flexibility index (Phi) is 6.89. The highest BCUT2D eigenvalue weighted by Crippen LogP contribution is 2.31. The summed E-state index contributed by atoms with van der Waals surface area (Å²) in [6.45, 7) is 0. The largest absolute Gasteiger partial charge is 0.416 e. The first-order valence-corrected chi connectivity index (χ1v) is 12.8. The Bertz CT molecular complexity index is 1420. The SMILES string of the molecule is CS(=O)(=O)Nc1ccccc1C(=O)Nc1ccc(S(=O)(=O)Nc2cccc(C(F)(F)F)c2)cc1. The molecule has 0 bridgehead atoms. The molecule has 0 saturated carbocycles. The van der Waals surface area contributed by atoms with Crippen LogP contribution in [0, 0.1) is 0 Å². The van der Waals surface area contributed by atoms with Crippen molar-refractivity contribution in [1.82, 2.24) is 0 Å². The lowest BCUT2D eigenvalue weighted by Gasteiger charge is -2.13. The molecule has 180 valence electrons. The number of hydrogen-bond donors (Lipinski definition) is 3. The van der Waals surface area contributed by atoms with Crippen molar-refractivity contribution in [1.29, 1.82) is 0 Å². The normalized spacial score (nSPS) is 12.1. The van der Waals surface area contributed by atoms with Crippen LogP contribution in [0.15, 0.2) is 77.7 Å². The summed E-state index contributed by atoms with van der Waals surface area (Å²) < 4.78 is 91.0. The monoisotopic (exact) mass is 513 g/mol. The van der Waals surface area contributed by atoms with Crippen molar-refractivity contribution < 1.29 is 34.8 Å². The Morgan fingerprint density at radius 1 is 0.794 bits per heavy atom. The van der Waals surface area contributed by atoms with Gasteiger partial charge < -0.3 is 5.32 Å². The minimum absolute atomic E-state index is 0.0378. The van der Waals surface area contributed by atoms with Gasteiger partial charge >= 0.3 is 6.18 Å². The number of carbonyl (C=O) groups is 1. The molecule has 34 heavy (non-hydrogen) atoms. The van der Waals surface area contributed by atoms with Gasteiger partial charge in [0.1, 0.15) is 0 Å². The van der Waals surface area contributed by atoms with E-state index < -0.39 is 37.7 Å². The molecule has 0 aliphatic rings. The molecule has 3 aromatic carbocycles. The second kappa shape index (κ2) is 9.35. The summed E-state index contributed by atoms with van der Waals surface area (Å²) >= 11 is 0. The molecule has 0 aromatic heterocycles. The minimum Gasteiger partial charge on any atom is -0.322 e. The van der Waals surface area contributed by atoms with Crippen LogP contribution in [-0.2, 0) is 26.2 Å². The molecule has 0 saturated heterocycles. The number of halogens is 3. The Morgan fingerprint density at radius 3 is 2.06 bits per heavy atom. The zero-order valence-electron chi connectivity index (χ0n) is 17.4. The van der Waals surface area contributed by atoms with Gasteiger partial charge in [-0.25, -0.2) is 16.8 Å². The van der Waals surface area contributed by atoms with E-state index in [0.29, 0.717) is 6.07 Å². The second-order valence-electron chi connectivity index (χ2n) is 7.08. The number of para-hydroxylation sites is 1. The highest BCUT2D eigenvalue weighted by Gasteiger charge is 2.30. The fourth-order valence-electron chi connectivity index (χ4n) is 2.86. The van der Waals surface area contributed by atoms with E-state index in [0.717, 1.165) is 30.5 Å². The van der Waals surface area contributed by atoms with E-state index in [1.807, 2.05) is 0 Å². The molecule has 0 spiro atoms. The van der Waals surface area contributed by atoms with Crippen molar-refractivity contribution in [2.24, 2.45) is 0 Å². The third kappa shape index (κ3) is 6.48. The molecular formula is C21H18F3N3O5S2. The molecular weight excluding hydrogens is 495 g/mol. The molecule has 8 nitrogen and oxygen atoms in total. The summed E-state index contributed by atoms with van der Waals surface area (Å²) in [5, 5.41) is 2.52. The van der Waals surface area contributed by atoms with Crippen LogP contribution in [0.3, 0.4) is 0 Å². The number of alkyl halides is 3. The van der Waals surface area contributed by atoms with E-state index in [1.165, 1.54) is 36.4 Å². The van der Waals surface area contributed by atoms with Crippen molar-refractivity contribution in [3.8, 4) is 0 Å². The van der Waals surface area contributed by atoms with Gasteiger partial charge in [-0.1, -0.05) is 18.2 Å². The number of anilines is 3. The van der Waals surface area contributed by atoms with Gasteiger partial charge in [-0.05, 0) is 54.6 Å². The number of hydrogen-bond acceptors (Lipinski definition) is 5. The van der Waals surface area contributed by atoms with E-state index in [1.54, 1.807) is 6.07 Å². The van der Waals surface area contributed by atoms with Gasteiger partial charge in [-0.15, -0.1) is 0 Å². The predicted molar refractivity (Wildman–Crippen MR) is 122 cm³/mol. The van der Waals surface area contributed by atoms with Crippen LogP contribution in [0.2, 0.25) is 0 Å². The van der Waals surface area contributed by atoms with E-state index in [9.17, 15) is 34.8 Å². The Labute approximate surface area is 193 Å². The quantitative estimate of drug-likeness (QED) is 0.439. The van der Waals surface area contributed by atoms with Crippen LogP contribution in [-0.4, -0.2) is 29.0 Å².